The highest BCUT2D eigenvalue weighted by Crippen LogP contribution is 2.39. The minimum atomic E-state index is -3.67. The Morgan fingerprint density at radius 3 is 2.69 bits per heavy atom. The van der Waals surface area contributed by atoms with Crippen LogP contribution in [0.15, 0.2) is 36.9 Å². The zero-order chi connectivity index (χ0) is 19.4. The predicted octanol–water partition coefficient (Wildman–Crippen LogP) is 1.44. The average molecular weight is 409 g/mol. The van der Waals surface area contributed by atoms with E-state index in [1.54, 1.807) is 23.3 Å². The van der Waals surface area contributed by atoms with Gasteiger partial charge in [0.1, 0.15) is 11.9 Å². The van der Waals surface area contributed by atoms with Crippen molar-refractivity contribution in [1.29, 1.82) is 0 Å². The van der Waals surface area contributed by atoms with Crippen LogP contribution in [0.3, 0.4) is 0 Å². The van der Waals surface area contributed by atoms with Crippen molar-refractivity contribution in [2.45, 2.75) is 18.4 Å². The van der Waals surface area contributed by atoms with Crippen molar-refractivity contribution >= 4 is 21.7 Å². The van der Waals surface area contributed by atoms with Gasteiger partial charge >= 0.3 is 0 Å². The Hall–Kier alpha value is -1.56. The van der Waals surface area contributed by atoms with E-state index in [2.05, 4.69) is 4.98 Å². The van der Waals surface area contributed by atoms with E-state index in [0.29, 0.717) is 18.4 Å². The van der Waals surface area contributed by atoms with E-state index in [9.17, 15) is 17.9 Å². The molecule has 0 unspecified atom stereocenters. The number of halogens is 2. The van der Waals surface area contributed by atoms with E-state index in [1.807, 2.05) is 0 Å². The lowest BCUT2D eigenvalue weighted by molar-refractivity contribution is -0.189. The van der Waals surface area contributed by atoms with E-state index in [-0.39, 0.29) is 18.2 Å². The van der Waals surface area contributed by atoms with E-state index in [1.165, 1.54) is 18.2 Å². The van der Waals surface area contributed by atoms with Gasteiger partial charge in [-0.3, -0.25) is 4.55 Å². The number of aromatic nitrogens is 2. The van der Waals surface area contributed by atoms with Gasteiger partial charge in [-0.1, -0.05) is 11.6 Å². The molecule has 0 amide bonds. The molecule has 1 aromatic carbocycles. The van der Waals surface area contributed by atoms with Crippen LogP contribution in [0.2, 0.25) is 5.02 Å². The van der Waals surface area contributed by atoms with Crippen molar-refractivity contribution in [2.24, 2.45) is 0 Å². The topological polar surface area (TPSA) is 111 Å². The maximum atomic E-state index is 13.3. The first-order chi connectivity index (χ1) is 12.1. The summed E-state index contributed by atoms with van der Waals surface area (Å²) in [6, 6.07) is 4.05. The predicted molar refractivity (Wildman–Crippen MR) is 90.7 cm³/mol. The van der Waals surface area contributed by atoms with Crippen LogP contribution >= 0.6 is 11.6 Å². The van der Waals surface area contributed by atoms with Crippen LogP contribution < -0.4 is 0 Å². The van der Waals surface area contributed by atoms with Crippen LogP contribution in [0, 0.1) is 5.82 Å². The van der Waals surface area contributed by atoms with Gasteiger partial charge in [-0.15, -0.1) is 0 Å². The molecule has 3 rings (SSSR count). The Morgan fingerprint density at radius 2 is 2.19 bits per heavy atom. The fourth-order valence-electron chi connectivity index (χ4n) is 2.38. The molecule has 1 aliphatic heterocycles. The summed E-state index contributed by atoms with van der Waals surface area (Å²) >= 11 is 6.14. The molecular weight excluding hydrogens is 391 g/mol. The maximum absolute atomic E-state index is 13.3. The lowest BCUT2D eigenvalue weighted by atomic mass is 10.1. The molecule has 1 aliphatic rings. The van der Waals surface area contributed by atoms with Crippen molar-refractivity contribution in [3.05, 3.63) is 53.3 Å². The molecule has 8 nitrogen and oxygen atoms in total. The highest BCUT2D eigenvalue weighted by atomic mass is 35.5. The molecule has 0 aliphatic carbocycles. The molecular formula is C15H18ClFN2O6S. The Balaban J connectivity index is 0.000000431. The van der Waals surface area contributed by atoms with Crippen molar-refractivity contribution in [3.63, 3.8) is 0 Å². The molecule has 2 atom stereocenters. The first-order valence-corrected chi connectivity index (χ1v) is 9.62. The minimum Gasteiger partial charge on any atom is -0.394 e. The van der Waals surface area contributed by atoms with Gasteiger partial charge in [-0.05, 0) is 18.2 Å². The Morgan fingerprint density at radius 1 is 1.50 bits per heavy atom. The Kier molecular flexibility index (Phi) is 6.72. The van der Waals surface area contributed by atoms with Crippen LogP contribution in [0.5, 0.6) is 0 Å². The number of ether oxygens (including phenoxy) is 2. The molecule has 2 heterocycles. The second kappa shape index (κ2) is 8.42. The van der Waals surface area contributed by atoms with Gasteiger partial charge in [0, 0.05) is 18.0 Å². The van der Waals surface area contributed by atoms with Crippen molar-refractivity contribution < 1.29 is 31.9 Å². The monoisotopic (exact) mass is 408 g/mol. The molecule has 1 aromatic heterocycles. The quantitative estimate of drug-likeness (QED) is 0.736. The van der Waals surface area contributed by atoms with Gasteiger partial charge < -0.3 is 19.1 Å². The Labute approximate surface area is 154 Å². The first-order valence-electron chi connectivity index (χ1n) is 7.39. The van der Waals surface area contributed by atoms with E-state index in [4.69, 9.17) is 25.6 Å². The number of aliphatic hydroxyl groups excluding tert-OH is 1. The minimum absolute atomic E-state index is 0.162. The summed E-state index contributed by atoms with van der Waals surface area (Å²) in [7, 11) is -3.67. The number of nitrogens with zero attached hydrogens (tertiary/aromatic N) is 2. The molecule has 144 valence electrons. The highest BCUT2D eigenvalue weighted by Gasteiger charge is 2.44. The van der Waals surface area contributed by atoms with Crippen LogP contribution in [-0.2, 0) is 31.9 Å². The van der Waals surface area contributed by atoms with Crippen LogP contribution in [0.1, 0.15) is 5.56 Å². The van der Waals surface area contributed by atoms with E-state index < -0.39 is 27.8 Å². The van der Waals surface area contributed by atoms with Gasteiger partial charge in [0.2, 0.25) is 5.79 Å². The SMILES string of the molecule is CS(=O)(=O)O.OC[C@@H]1CO[C@@](Cn2ccnc2)(c2ccc(F)cc2Cl)O1. The highest BCUT2D eigenvalue weighted by molar-refractivity contribution is 7.85. The number of rotatable bonds is 4. The molecule has 0 bridgehead atoms. The molecule has 0 radical (unpaired) electrons. The summed E-state index contributed by atoms with van der Waals surface area (Å²) in [5, 5.41) is 9.48. The number of aliphatic hydroxyl groups is 1. The largest absolute Gasteiger partial charge is 0.394 e. The van der Waals surface area contributed by atoms with Gasteiger partial charge in [0.05, 0.1) is 37.4 Å². The molecule has 11 heteroatoms. The first kappa shape index (κ1) is 20.7. The third-order valence-electron chi connectivity index (χ3n) is 3.35. The molecule has 2 aromatic rings. The third kappa shape index (κ3) is 5.73. The second-order valence-electron chi connectivity index (χ2n) is 5.58. The molecule has 1 saturated heterocycles. The molecule has 0 saturated carbocycles. The maximum Gasteiger partial charge on any atom is 0.261 e. The van der Waals surface area contributed by atoms with Gasteiger partial charge in [-0.2, -0.15) is 8.42 Å². The molecule has 26 heavy (non-hydrogen) atoms. The molecule has 1 fully saturated rings. The van der Waals surface area contributed by atoms with Gasteiger partial charge in [0.15, 0.2) is 0 Å². The standard InChI is InChI=1S/C14H14ClFN2O3.CH4O3S/c15-13-5-10(16)1-2-12(13)14(8-18-4-3-17-9-18)20-7-11(6-19)21-14;1-5(2,3)4/h1-5,9,11,19H,6-8H2;1H3,(H,2,3,4)/t11-,14-;/m1./s1. The van der Waals surface area contributed by atoms with Gasteiger partial charge in [0.25, 0.3) is 10.1 Å². The Bertz CT molecular complexity index is 825. The summed E-state index contributed by atoms with van der Waals surface area (Å²) in [5.74, 6) is -1.60. The zero-order valence-electron chi connectivity index (χ0n) is 13.7. The number of benzene rings is 1. The lowest BCUT2D eigenvalue weighted by Gasteiger charge is -2.29. The van der Waals surface area contributed by atoms with E-state index in [0.717, 1.165) is 0 Å². The number of hydrogen-bond donors (Lipinski definition) is 2. The number of imidazole rings is 1. The second-order valence-corrected chi connectivity index (χ2v) is 7.45. The zero-order valence-corrected chi connectivity index (χ0v) is 15.3. The van der Waals surface area contributed by atoms with Crippen LogP contribution in [-0.4, -0.2) is 53.2 Å². The smallest absolute Gasteiger partial charge is 0.261 e. The van der Waals surface area contributed by atoms with E-state index >= 15 is 0 Å². The van der Waals surface area contributed by atoms with Crippen LogP contribution in [0.4, 0.5) is 4.39 Å². The fraction of sp³-hybridized carbons (Fsp3) is 0.400. The summed E-state index contributed by atoms with van der Waals surface area (Å²) < 4.78 is 52.5. The summed E-state index contributed by atoms with van der Waals surface area (Å²) in [6.45, 7) is 0.373. The summed E-state index contributed by atoms with van der Waals surface area (Å²) in [5.41, 5.74) is 0.523. The van der Waals surface area contributed by atoms with Crippen LogP contribution in [0.25, 0.3) is 0 Å². The normalized spacial score (nSPS) is 22.7. The summed E-state index contributed by atoms with van der Waals surface area (Å²) in [4.78, 5) is 3.97. The molecule has 2 N–H and O–H groups in total. The van der Waals surface area contributed by atoms with Crippen molar-refractivity contribution in [1.82, 2.24) is 9.55 Å². The lowest BCUT2D eigenvalue weighted by Crippen LogP contribution is -2.34. The van der Waals surface area contributed by atoms with Crippen molar-refractivity contribution in [2.75, 3.05) is 19.5 Å². The number of hydrogen-bond acceptors (Lipinski definition) is 6. The summed E-state index contributed by atoms with van der Waals surface area (Å²) in [6.07, 6.45) is 5.29. The molecule has 0 spiro atoms. The van der Waals surface area contributed by atoms with Crippen molar-refractivity contribution in [3.8, 4) is 0 Å². The van der Waals surface area contributed by atoms with Gasteiger partial charge in [-0.25, -0.2) is 9.37 Å². The average Bonchev–Trinajstić information content (AvgIpc) is 3.16. The fourth-order valence-corrected chi connectivity index (χ4v) is 2.69. The third-order valence-corrected chi connectivity index (χ3v) is 3.67.